The van der Waals surface area contributed by atoms with Crippen LogP contribution in [0.3, 0.4) is 0 Å². The van der Waals surface area contributed by atoms with Crippen molar-refractivity contribution in [2.45, 2.75) is 19.4 Å². The Hall–Kier alpha value is -0.490. The number of benzene rings is 1. The first-order chi connectivity index (χ1) is 9.52. The van der Waals surface area contributed by atoms with Gasteiger partial charge in [0.15, 0.2) is 11.6 Å². The van der Waals surface area contributed by atoms with Gasteiger partial charge in [0.1, 0.15) is 4.34 Å². The van der Waals surface area contributed by atoms with E-state index in [1.807, 2.05) is 13.0 Å². The molecule has 1 atom stereocenters. The monoisotopic (exact) mass is 379 g/mol. The van der Waals surface area contributed by atoms with E-state index in [9.17, 15) is 8.78 Å². The molecule has 0 saturated carbocycles. The van der Waals surface area contributed by atoms with Crippen molar-refractivity contribution in [2.24, 2.45) is 0 Å². The third-order valence-electron chi connectivity index (χ3n) is 2.82. The maximum Gasteiger partial charge on any atom is 0.159 e. The van der Waals surface area contributed by atoms with Crippen molar-refractivity contribution < 1.29 is 8.78 Å². The van der Waals surface area contributed by atoms with Crippen LogP contribution < -0.4 is 5.32 Å². The highest BCUT2D eigenvalue weighted by molar-refractivity contribution is 9.10. The van der Waals surface area contributed by atoms with Gasteiger partial charge in [-0.15, -0.1) is 11.3 Å². The van der Waals surface area contributed by atoms with Crippen LogP contribution in [-0.2, 0) is 0 Å². The molecule has 0 aliphatic heterocycles. The van der Waals surface area contributed by atoms with Gasteiger partial charge in [0.05, 0.1) is 6.04 Å². The number of rotatable bonds is 5. The van der Waals surface area contributed by atoms with Gasteiger partial charge in [0.25, 0.3) is 0 Å². The molecule has 2 rings (SSSR count). The summed E-state index contributed by atoms with van der Waals surface area (Å²) in [6.07, 6.45) is 0.945. The second-order valence-corrected chi connectivity index (χ2v) is 6.87. The Morgan fingerprint density at radius 1 is 1.30 bits per heavy atom. The summed E-state index contributed by atoms with van der Waals surface area (Å²) in [6, 6.07) is 5.67. The minimum absolute atomic E-state index is 0.196. The highest BCUT2D eigenvalue weighted by Gasteiger charge is 2.19. The fraction of sp³-hybridized carbons (Fsp3) is 0.286. The molecule has 1 N–H and O–H groups in total. The standard InChI is InChI=1S/C14H13BrClF2NS/c1-2-5-19-13(12-7-9(15)14(16)20-12)8-3-4-10(17)11(18)6-8/h3-4,6-7,13,19H,2,5H2,1H3. The van der Waals surface area contributed by atoms with Crippen molar-refractivity contribution in [3.8, 4) is 0 Å². The normalized spacial score (nSPS) is 12.7. The van der Waals surface area contributed by atoms with Crippen LogP contribution in [0.4, 0.5) is 8.78 Å². The summed E-state index contributed by atoms with van der Waals surface area (Å²) < 4.78 is 27.9. The quantitative estimate of drug-likeness (QED) is 0.719. The summed E-state index contributed by atoms with van der Waals surface area (Å²) in [5, 5.41) is 3.33. The van der Waals surface area contributed by atoms with Gasteiger partial charge >= 0.3 is 0 Å². The topological polar surface area (TPSA) is 12.0 Å². The van der Waals surface area contributed by atoms with Gasteiger partial charge in [-0.1, -0.05) is 24.6 Å². The van der Waals surface area contributed by atoms with E-state index in [2.05, 4.69) is 21.2 Å². The Labute approximate surface area is 134 Å². The second kappa shape index (κ2) is 6.98. The Balaban J connectivity index is 2.38. The lowest BCUT2D eigenvalue weighted by molar-refractivity contribution is 0.503. The lowest BCUT2D eigenvalue weighted by Gasteiger charge is -2.17. The van der Waals surface area contributed by atoms with E-state index in [0.29, 0.717) is 9.90 Å². The van der Waals surface area contributed by atoms with Gasteiger partial charge in [-0.2, -0.15) is 0 Å². The van der Waals surface area contributed by atoms with Gasteiger partial charge in [0, 0.05) is 9.35 Å². The summed E-state index contributed by atoms with van der Waals surface area (Å²) in [5.74, 6) is -1.68. The summed E-state index contributed by atoms with van der Waals surface area (Å²) in [5.41, 5.74) is 0.683. The average molecular weight is 381 g/mol. The molecular weight excluding hydrogens is 368 g/mol. The van der Waals surface area contributed by atoms with Crippen LogP contribution in [0, 0.1) is 11.6 Å². The van der Waals surface area contributed by atoms with Crippen molar-refractivity contribution in [3.05, 3.63) is 55.1 Å². The molecule has 108 valence electrons. The molecule has 20 heavy (non-hydrogen) atoms. The molecule has 6 heteroatoms. The Morgan fingerprint density at radius 3 is 2.60 bits per heavy atom. The van der Waals surface area contributed by atoms with E-state index >= 15 is 0 Å². The van der Waals surface area contributed by atoms with E-state index in [-0.39, 0.29) is 6.04 Å². The molecule has 1 unspecified atom stereocenters. The van der Waals surface area contributed by atoms with Crippen LogP contribution in [-0.4, -0.2) is 6.54 Å². The Kier molecular flexibility index (Phi) is 5.55. The molecule has 0 amide bonds. The van der Waals surface area contributed by atoms with Gasteiger partial charge in [-0.05, 0) is 52.7 Å². The molecule has 0 aliphatic rings. The van der Waals surface area contributed by atoms with Crippen molar-refractivity contribution in [1.29, 1.82) is 0 Å². The second-order valence-electron chi connectivity index (χ2n) is 4.33. The van der Waals surface area contributed by atoms with E-state index < -0.39 is 11.6 Å². The first-order valence-corrected chi connectivity index (χ1v) is 8.14. The van der Waals surface area contributed by atoms with Gasteiger partial charge < -0.3 is 5.32 Å². The lowest BCUT2D eigenvalue weighted by Crippen LogP contribution is -2.22. The molecule has 0 spiro atoms. The van der Waals surface area contributed by atoms with Crippen molar-refractivity contribution in [1.82, 2.24) is 5.32 Å². The van der Waals surface area contributed by atoms with Gasteiger partial charge in [0.2, 0.25) is 0 Å². The van der Waals surface area contributed by atoms with Crippen LogP contribution in [0.1, 0.15) is 29.8 Å². The maximum atomic E-state index is 13.4. The fourth-order valence-corrected chi connectivity index (χ4v) is 3.71. The number of hydrogen-bond acceptors (Lipinski definition) is 2. The number of hydrogen-bond donors (Lipinski definition) is 1. The van der Waals surface area contributed by atoms with Crippen LogP contribution in [0.2, 0.25) is 4.34 Å². The first kappa shape index (κ1) is 15.9. The molecule has 1 heterocycles. The first-order valence-electron chi connectivity index (χ1n) is 6.16. The van der Waals surface area contributed by atoms with E-state index in [0.717, 1.165) is 28.4 Å². The van der Waals surface area contributed by atoms with E-state index in [4.69, 9.17) is 11.6 Å². The zero-order valence-corrected chi connectivity index (χ0v) is 13.9. The van der Waals surface area contributed by atoms with Crippen LogP contribution >= 0.6 is 38.9 Å². The Morgan fingerprint density at radius 2 is 2.05 bits per heavy atom. The zero-order chi connectivity index (χ0) is 14.7. The molecule has 0 fully saturated rings. The Bertz CT molecular complexity index is 583. The molecule has 2 aromatic rings. The highest BCUT2D eigenvalue weighted by atomic mass is 79.9. The summed E-state index contributed by atoms with van der Waals surface area (Å²) in [6.45, 7) is 2.82. The van der Waals surface area contributed by atoms with Crippen LogP contribution in [0.15, 0.2) is 28.7 Å². The molecule has 0 radical (unpaired) electrons. The largest absolute Gasteiger partial charge is 0.306 e. The van der Waals surface area contributed by atoms with Crippen molar-refractivity contribution in [2.75, 3.05) is 6.54 Å². The molecule has 0 bridgehead atoms. The molecule has 1 nitrogen and oxygen atoms in total. The molecule has 0 saturated heterocycles. The van der Waals surface area contributed by atoms with Crippen molar-refractivity contribution in [3.63, 3.8) is 0 Å². The van der Waals surface area contributed by atoms with E-state index in [1.165, 1.54) is 17.4 Å². The van der Waals surface area contributed by atoms with Gasteiger partial charge in [-0.25, -0.2) is 8.78 Å². The highest BCUT2D eigenvalue weighted by Crippen LogP contribution is 2.37. The van der Waals surface area contributed by atoms with E-state index in [1.54, 1.807) is 6.07 Å². The summed E-state index contributed by atoms with van der Waals surface area (Å²) in [7, 11) is 0. The SMILES string of the molecule is CCCNC(c1ccc(F)c(F)c1)c1cc(Br)c(Cl)s1. The number of thiophene rings is 1. The fourth-order valence-electron chi connectivity index (χ4n) is 1.87. The molecule has 1 aromatic heterocycles. The predicted octanol–water partition coefficient (Wildman–Crippen LogP) is 5.53. The lowest BCUT2D eigenvalue weighted by atomic mass is 10.0. The van der Waals surface area contributed by atoms with Crippen molar-refractivity contribution >= 4 is 38.9 Å². The minimum atomic E-state index is -0.840. The summed E-state index contributed by atoms with van der Waals surface area (Å²) >= 11 is 10.8. The third kappa shape index (κ3) is 3.58. The maximum absolute atomic E-state index is 13.4. The van der Waals surface area contributed by atoms with Crippen LogP contribution in [0.25, 0.3) is 0 Å². The molecule has 0 aliphatic carbocycles. The average Bonchev–Trinajstić information content (AvgIpc) is 2.74. The van der Waals surface area contributed by atoms with Gasteiger partial charge in [-0.3, -0.25) is 0 Å². The molecule has 1 aromatic carbocycles. The van der Waals surface area contributed by atoms with Crippen LogP contribution in [0.5, 0.6) is 0 Å². The summed E-state index contributed by atoms with van der Waals surface area (Å²) in [4.78, 5) is 0.960. The molecular formula is C14H13BrClF2NS. The third-order valence-corrected chi connectivity index (χ3v) is 5.36. The smallest absolute Gasteiger partial charge is 0.159 e. The number of halogens is 4. The number of nitrogens with one attached hydrogen (secondary N) is 1. The predicted molar refractivity (Wildman–Crippen MR) is 83.5 cm³/mol. The minimum Gasteiger partial charge on any atom is -0.306 e. The zero-order valence-electron chi connectivity index (χ0n) is 10.7.